The lowest BCUT2D eigenvalue weighted by atomic mass is 10.00. The summed E-state index contributed by atoms with van der Waals surface area (Å²) in [5.74, 6) is 2.78. The number of aromatic nitrogens is 3. The summed E-state index contributed by atoms with van der Waals surface area (Å²) < 4.78 is 12.6. The normalized spacial score (nSPS) is 14.9. The molecule has 4 rings (SSSR count). The third kappa shape index (κ3) is 3.93. The first-order valence-electron chi connectivity index (χ1n) is 9.66. The van der Waals surface area contributed by atoms with Gasteiger partial charge in [0.2, 0.25) is 0 Å². The van der Waals surface area contributed by atoms with Gasteiger partial charge in [0.25, 0.3) is 0 Å². The zero-order valence-electron chi connectivity index (χ0n) is 16.0. The van der Waals surface area contributed by atoms with Crippen LogP contribution in [0.15, 0.2) is 48.5 Å². The van der Waals surface area contributed by atoms with Crippen LogP contribution in [0.25, 0.3) is 22.5 Å². The Hall–Kier alpha value is -2.70. The van der Waals surface area contributed by atoms with E-state index in [9.17, 15) is 5.11 Å². The van der Waals surface area contributed by atoms with Gasteiger partial charge in [-0.1, -0.05) is 30.3 Å². The molecule has 28 heavy (non-hydrogen) atoms. The molecule has 2 heterocycles. The number of hydrogen-bond donors (Lipinski definition) is 1. The molecule has 0 spiro atoms. The predicted molar refractivity (Wildman–Crippen MR) is 107 cm³/mol. The van der Waals surface area contributed by atoms with Gasteiger partial charge in [-0.05, 0) is 42.2 Å². The van der Waals surface area contributed by atoms with Crippen molar-refractivity contribution < 1.29 is 14.6 Å². The monoisotopic (exact) mass is 379 g/mol. The molecule has 0 aliphatic carbocycles. The topological polar surface area (TPSA) is 69.4 Å². The molecular formula is C22H25N3O3. The molecule has 2 aromatic carbocycles. The summed E-state index contributed by atoms with van der Waals surface area (Å²) in [6.45, 7) is 1.95. The van der Waals surface area contributed by atoms with Crippen LogP contribution in [0.1, 0.15) is 24.6 Å². The van der Waals surface area contributed by atoms with E-state index in [-0.39, 0.29) is 6.61 Å². The Labute approximate surface area is 164 Å². The quantitative estimate of drug-likeness (QED) is 0.710. The Balaban J connectivity index is 1.70. The number of ether oxygens (including phenoxy) is 2. The fourth-order valence-electron chi connectivity index (χ4n) is 3.59. The fraction of sp³-hybridized carbons (Fsp3) is 0.364. The summed E-state index contributed by atoms with van der Waals surface area (Å²) >= 11 is 0. The van der Waals surface area contributed by atoms with Crippen molar-refractivity contribution >= 4 is 0 Å². The van der Waals surface area contributed by atoms with Crippen LogP contribution in [0.5, 0.6) is 5.75 Å². The minimum atomic E-state index is 0.0269. The van der Waals surface area contributed by atoms with Crippen LogP contribution in [0.2, 0.25) is 0 Å². The van der Waals surface area contributed by atoms with Gasteiger partial charge < -0.3 is 14.6 Å². The van der Waals surface area contributed by atoms with E-state index < -0.39 is 0 Å². The molecule has 1 aromatic heterocycles. The van der Waals surface area contributed by atoms with Crippen LogP contribution in [-0.2, 0) is 11.3 Å². The van der Waals surface area contributed by atoms with Crippen molar-refractivity contribution in [2.45, 2.75) is 25.3 Å². The highest BCUT2D eigenvalue weighted by atomic mass is 16.5. The Morgan fingerprint density at radius 2 is 1.79 bits per heavy atom. The molecule has 0 atom stereocenters. The molecule has 3 aromatic rings. The number of nitrogens with zero attached hydrogens (tertiary/aromatic N) is 3. The largest absolute Gasteiger partial charge is 0.497 e. The third-order valence-electron chi connectivity index (χ3n) is 5.11. The lowest BCUT2D eigenvalue weighted by Gasteiger charge is -2.18. The predicted octanol–water partition coefficient (Wildman–Crippen LogP) is 3.51. The molecule has 146 valence electrons. The van der Waals surface area contributed by atoms with Crippen molar-refractivity contribution in [3.8, 4) is 28.3 Å². The van der Waals surface area contributed by atoms with Gasteiger partial charge in [0.05, 0.1) is 20.3 Å². The van der Waals surface area contributed by atoms with Crippen LogP contribution < -0.4 is 4.74 Å². The number of hydrogen-bond acceptors (Lipinski definition) is 5. The Morgan fingerprint density at radius 1 is 1.07 bits per heavy atom. The van der Waals surface area contributed by atoms with E-state index in [1.165, 1.54) is 0 Å². The maximum absolute atomic E-state index is 9.48. The first-order chi connectivity index (χ1) is 13.8. The maximum Gasteiger partial charge on any atom is 0.158 e. The summed E-state index contributed by atoms with van der Waals surface area (Å²) in [5, 5.41) is 14.2. The molecule has 1 fully saturated rings. The van der Waals surface area contributed by atoms with Crippen LogP contribution in [0.4, 0.5) is 0 Å². The molecule has 6 nitrogen and oxygen atoms in total. The number of methoxy groups -OCH3 is 1. The first-order valence-corrected chi connectivity index (χ1v) is 9.66. The highest BCUT2D eigenvalue weighted by Crippen LogP contribution is 2.30. The van der Waals surface area contributed by atoms with Crippen LogP contribution in [-0.4, -0.2) is 46.8 Å². The number of aliphatic hydroxyl groups excluding tert-OH is 1. The van der Waals surface area contributed by atoms with Gasteiger partial charge in [-0.3, -0.25) is 0 Å². The smallest absolute Gasteiger partial charge is 0.158 e. The molecule has 1 aliphatic rings. The highest BCUT2D eigenvalue weighted by Gasteiger charge is 2.22. The maximum atomic E-state index is 9.48. The second-order valence-corrected chi connectivity index (χ2v) is 6.94. The number of benzene rings is 2. The van der Waals surface area contributed by atoms with Gasteiger partial charge >= 0.3 is 0 Å². The Morgan fingerprint density at radius 3 is 2.54 bits per heavy atom. The zero-order chi connectivity index (χ0) is 19.3. The zero-order valence-corrected chi connectivity index (χ0v) is 16.0. The lowest BCUT2D eigenvalue weighted by molar-refractivity contribution is 0.0835. The van der Waals surface area contributed by atoms with Crippen LogP contribution in [0.3, 0.4) is 0 Å². The van der Waals surface area contributed by atoms with Gasteiger partial charge in [0.15, 0.2) is 11.6 Å². The van der Waals surface area contributed by atoms with Gasteiger partial charge in [-0.25, -0.2) is 9.67 Å². The van der Waals surface area contributed by atoms with Crippen LogP contribution >= 0.6 is 0 Å². The van der Waals surface area contributed by atoms with E-state index in [0.717, 1.165) is 60.1 Å². The number of rotatable bonds is 6. The lowest BCUT2D eigenvalue weighted by Crippen LogP contribution is -2.15. The van der Waals surface area contributed by atoms with E-state index in [0.29, 0.717) is 12.5 Å². The standard InChI is InChI=1S/C22H25N3O3/c1-27-20-7-3-5-18(15-20)17-4-2-6-19(14-17)22-23-21(24-25(22)10-11-26)16-8-12-28-13-9-16/h2-7,14-16,26H,8-13H2,1H3. The van der Waals surface area contributed by atoms with E-state index in [2.05, 4.69) is 18.2 Å². The highest BCUT2D eigenvalue weighted by molar-refractivity contribution is 5.71. The van der Waals surface area contributed by atoms with Gasteiger partial charge in [-0.2, -0.15) is 5.10 Å². The van der Waals surface area contributed by atoms with Crippen molar-refractivity contribution in [1.29, 1.82) is 0 Å². The summed E-state index contributed by atoms with van der Waals surface area (Å²) in [6, 6.07) is 16.2. The summed E-state index contributed by atoms with van der Waals surface area (Å²) in [7, 11) is 1.67. The summed E-state index contributed by atoms with van der Waals surface area (Å²) in [6.07, 6.45) is 1.87. The van der Waals surface area contributed by atoms with Crippen LogP contribution in [0, 0.1) is 0 Å². The molecule has 1 aliphatic heterocycles. The molecule has 0 bridgehead atoms. The fourth-order valence-corrected chi connectivity index (χ4v) is 3.59. The summed E-state index contributed by atoms with van der Waals surface area (Å²) in [4.78, 5) is 4.85. The van der Waals surface area contributed by atoms with E-state index in [1.807, 2.05) is 35.0 Å². The van der Waals surface area contributed by atoms with Crippen molar-refractivity contribution in [3.05, 3.63) is 54.4 Å². The number of aliphatic hydroxyl groups is 1. The molecule has 0 radical (unpaired) electrons. The second kappa shape index (κ2) is 8.54. The molecule has 1 N–H and O–H groups in total. The molecular weight excluding hydrogens is 354 g/mol. The molecule has 1 saturated heterocycles. The minimum Gasteiger partial charge on any atom is -0.497 e. The Kier molecular flexibility index (Phi) is 5.69. The van der Waals surface area contributed by atoms with Gasteiger partial charge in [0, 0.05) is 24.7 Å². The first kappa shape index (κ1) is 18.7. The molecule has 0 saturated carbocycles. The third-order valence-corrected chi connectivity index (χ3v) is 5.11. The second-order valence-electron chi connectivity index (χ2n) is 6.94. The molecule has 0 amide bonds. The SMILES string of the molecule is COc1cccc(-c2cccc(-c3nc(C4CCOCC4)nn3CCO)c2)c1. The van der Waals surface area contributed by atoms with E-state index in [1.54, 1.807) is 7.11 Å². The Bertz CT molecular complexity index is 932. The van der Waals surface area contributed by atoms with Gasteiger partial charge in [-0.15, -0.1) is 0 Å². The van der Waals surface area contributed by atoms with Gasteiger partial charge in [0.1, 0.15) is 5.75 Å². The van der Waals surface area contributed by atoms with Crippen molar-refractivity contribution in [2.75, 3.05) is 26.9 Å². The molecule has 0 unspecified atom stereocenters. The summed E-state index contributed by atoms with van der Waals surface area (Å²) in [5.41, 5.74) is 3.15. The van der Waals surface area contributed by atoms with E-state index in [4.69, 9.17) is 19.6 Å². The molecule has 6 heteroatoms. The average Bonchev–Trinajstić information content (AvgIpc) is 3.19. The minimum absolute atomic E-state index is 0.0269. The van der Waals surface area contributed by atoms with E-state index >= 15 is 0 Å². The van der Waals surface area contributed by atoms with Crippen molar-refractivity contribution in [2.24, 2.45) is 0 Å². The van der Waals surface area contributed by atoms with Crippen molar-refractivity contribution in [3.63, 3.8) is 0 Å². The average molecular weight is 379 g/mol. The van der Waals surface area contributed by atoms with Crippen molar-refractivity contribution in [1.82, 2.24) is 14.8 Å².